The Morgan fingerprint density at radius 2 is 2.18 bits per heavy atom. The molecule has 0 amide bonds. The van der Waals surface area contributed by atoms with E-state index in [-0.39, 0.29) is 0 Å². The van der Waals surface area contributed by atoms with Crippen molar-refractivity contribution in [2.75, 3.05) is 0 Å². The first-order chi connectivity index (χ1) is 5.00. The molecule has 1 N–H and O–H groups in total. The molecule has 0 aromatic carbocycles. The highest BCUT2D eigenvalue weighted by Gasteiger charge is 2.11. The number of hydrogen-bond donors (Lipinski definition) is 1. The SMILES string of the molecule is O=S(=O)(O)c1ccnc(F)n1. The summed E-state index contributed by atoms with van der Waals surface area (Å²) in [5.41, 5.74) is 0. The monoisotopic (exact) mass is 178 g/mol. The molecule has 1 heterocycles. The van der Waals surface area contributed by atoms with Crippen LogP contribution >= 0.6 is 0 Å². The summed E-state index contributed by atoms with van der Waals surface area (Å²) in [6, 6.07) is 0.887. The van der Waals surface area contributed by atoms with E-state index in [2.05, 4.69) is 9.97 Å². The normalized spacial score (nSPS) is 11.5. The summed E-state index contributed by atoms with van der Waals surface area (Å²) in [5, 5.41) is -0.745. The van der Waals surface area contributed by atoms with Crippen LogP contribution in [0.3, 0.4) is 0 Å². The Labute approximate surface area is 61.7 Å². The van der Waals surface area contributed by atoms with Gasteiger partial charge in [-0.05, 0) is 6.07 Å². The van der Waals surface area contributed by atoms with Crippen molar-refractivity contribution in [2.24, 2.45) is 0 Å². The van der Waals surface area contributed by atoms with Gasteiger partial charge in [0, 0.05) is 6.20 Å². The van der Waals surface area contributed by atoms with E-state index in [1.807, 2.05) is 0 Å². The lowest BCUT2D eigenvalue weighted by Gasteiger charge is -1.92. The lowest BCUT2D eigenvalue weighted by Crippen LogP contribution is -2.03. The third kappa shape index (κ3) is 1.92. The third-order valence-electron chi connectivity index (χ3n) is 0.865. The molecule has 0 radical (unpaired) electrons. The molecule has 0 saturated carbocycles. The largest absolute Gasteiger partial charge is 0.312 e. The molecular formula is C4H3FN2O3S. The van der Waals surface area contributed by atoms with Gasteiger partial charge in [0.15, 0.2) is 5.03 Å². The lowest BCUT2D eigenvalue weighted by atomic mass is 10.7. The highest BCUT2D eigenvalue weighted by Crippen LogP contribution is 2.01. The Morgan fingerprint density at radius 3 is 2.55 bits per heavy atom. The van der Waals surface area contributed by atoms with Crippen LogP contribution < -0.4 is 0 Å². The van der Waals surface area contributed by atoms with Crippen molar-refractivity contribution < 1.29 is 17.4 Å². The highest BCUT2D eigenvalue weighted by atomic mass is 32.2. The Balaban J connectivity index is 3.28. The van der Waals surface area contributed by atoms with E-state index in [0.717, 1.165) is 12.3 Å². The van der Waals surface area contributed by atoms with Gasteiger partial charge in [0.25, 0.3) is 0 Å². The molecule has 1 rings (SSSR count). The molecule has 0 aliphatic carbocycles. The molecule has 5 nitrogen and oxygen atoms in total. The van der Waals surface area contributed by atoms with E-state index >= 15 is 0 Å². The maximum atomic E-state index is 12.1. The van der Waals surface area contributed by atoms with Crippen molar-refractivity contribution >= 4 is 10.1 Å². The van der Waals surface area contributed by atoms with Gasteiger partial charge in [0.2, 0.25) is 0 Å². The third-order valence-corrected chi connectivity index (χ3v) is 1.62. The number of rotatable bonds is 1. The first-order valence-corrected chi connectivity index (χ1v) is 3.90. The van der Waals surface area contributed by atoms with Crippen LogP contribution in [-0.2, 0) is 10.1 Å². The number of aromatic nitrogens is 2. The smallest absolute Gasteiger partial charge is 0.281 e. The molecule has 1 aromatic heterocycles. The molecule has 0 fully saturated rings. The highest BCUT2D eigenvalue weighted by molar-refractivity contribution is 7.85. The first-order valence-electron chi connectivity index (χ1n) is 2.46. The molecule has 0 aliphatic heterocycles. The zero-order chi connectivity index (χ0) is 8.48. The van der Waals surface area contributed by atoms with Crippen LogP contribution in [0.5, 0.6) is 0 Å². The molecule has 0 saturated heterocycles. The molecule has 0 unspecified atom stereocenters. The summed E-state index contributed by atoms with van der Waals surface area (Å²) < 4.78 is 41.0. The summed E-state index contributed by atoms with van der Waals surface area (Å²) in [6.45, 7) is 0. The minimum atomic E-state index is -4.42. The van der Waals surface area contributed by atoms with Gasteiger partial charge < -0.3 is 0 Å². The zero-order valence-electron chi connectivity index (χ0n) is 5.10. The van der Waals surface area contributed by atoms with Crippen LogP contribution in [0.2, 0.25) is 0 Å². The standard InChI is InChI=1S/C4H3FN2O3S/c5-4-6-2-1-3(7-4)11(8,9)10/h1-2H,(H,8,9,10). The van der Waals surface area contributed by atoms with Crippen molar-refractivity contribution in [2.45, 2.75) is 5.03 Å². The second-order valence-electron chi connectivity index (χ2n) is 1.64. The van der Waals surface area contributed by atoms with E-state index in [1.165, 1.54) is 0 Å². The summed E-state index contributed by atoms with van der Waals surface area (Å²) in [7, 11) is -4.42. The first kappa shape index (κ1) is 8.02. The minimum Gasteiger partial charge on any atom is -0.281 e. The van der Waals surface area contributed by atoms with Crippen LogP contribution in [0.25, 0.3) is 0 Å². The molecular weight excluding hydrogens is 175 g/mol. The number of nitrogens with zero attached hydrogens (tertiary/aromatic N) is 2. The van der Waals surface area contributed by atoms with Gasteiger partial charge >= 0.3 is 16.2 Å². The van der Waals surface area contributed by atoms with E-state index in [9.17, 15) is 12.8 Å². The van der Waals surface area contributed by atoms with E-state index in [1.54, 1.807) is 0 Å². The summed E-state index contributed by atoms with van der Waals surface area (Å²) in [5.74, 6) is 0. The topological polar surface area (TPSA) is 80.2 Å². The van der Waals surface area contributed by atoms with Gasteiger partial charge in [-0.15, -0.1) is 0 Å². The quantitative estimate of drug-likeness (QED) is 0.368. The van der Waals surface area contributed by atoms with Gasteiger partial charge in [0.05, 0.1) is 0 Å². The Hall–Kier alpha value is -1.08. The van der Waals surface area contributed by atoms with Crippen LogP contribution in [0.1, 0.15) is 0 Å². The lowest BCUT2D eigenvalue weighted by molar-refractivity contribution is 0.467. The second-order valence-corrected chi connectivity index (χ2v) is 3.01. The van der Waals surface area contributed by atoms with Crippen LogP contribution in [-0.4, -0.2) is 22.9 Å². The minimum absolute atomic E-state index is 0.745. The molecule has 7 heteroatoms. The molecule has 0 bridgehead atoms. The van der Waals surface area contributed by atoms with Gasteiger partial charge in [-0.25, -0.2) is 4.98 Å². The number of halogens is 1. The van der Waals surface area contributed by atoms with E-state index in [4.69, 9.17) is 4.55 Å². The fourth-order valence-electron chi connectivity index (χ4n) is 0.463. The van der Waals surface area contributed by atoms with Crippen molar-refractivity contribution in [3.05, 3.63) is 18.3 Å². The average molecular weight is 178 g/mol. The van der Waals surface area contributed by atoms with Crippen molar-refractivity contribution in [3.63, 3.8) is 0 Å². The van der Waals surface area contributed by atoms with Gasteiger partial charge in [-0.2, -0.15) is 17.8 Å². The van der Waals surface area contributed by atoms with Gasteiger partial charge in [0.1, 0.15) is 0 Å². The summed E-state index contributed by atoms with van der Waals surface area (Å²) >= 11 is 0. The summed E-state index contributed by atoms with van der Waals surface area (Å²) in [4.78, 5) is 5.83. The van der Waals surface area contributed by atoms with E-state index in [0.29, 0.717) is 0 Å². The predicted molar refractivity (Wildman–Crippen MR) is 31.8 cm³/mol. The maximum Gasteiger partial charge on any atom is 0.312 e. The Kier molecular flexibility index (Phi) is 1.83. The average Bonchev–Trinajstić information content (AvgIpc) is 1.86. The molecule has 11 heavy (non-hydrogen) atoms. The molecule has 1 aromatic rings. The summed E-state index contributed by atoms with van der Waals surface area (Å²) in [6.07, 6.45) is -0.300. The van der Waals surface area contributed by atoms with Gasteiger partial charge in [-0.1, -0.05) is 0 Å². The van der Waals surface area contributed by atoms with Crippen LogP contribution in [0, 0.1) is 6.08 Å². The fraction of sp³-hybridized carbons (Fsp3) is 0. The molecule has 0 atom stereocenters. The van der Waals surface area contributed by atoms with Crippen molar-refractivity contribution in [1.82, 2.24) is 9.97 Å². The molecule has 0 spiro atoms. The van der Waals surface area contributed by atoms with Gasteiger partial charge in [-0.3, -0.25) is 4.55 Å². The van der Waals surface area contributed by atoms with Crippen molar-refractivity contribution in [1.29, 1.82) is 0 Å². The van der Waals surface area contributed by atoms with Crippen molar-refractivity contribution in [3.8, 4) is 0 Å². The fourth-order valence-corrected chi connectivity index (χ4v) is 0.887. The predicted octanol–water partition coefficient (Wildman–Crippen LogP) is -0.138. The van der Waals surface area contributed by atoms with Crippen LogP contribution in [0.4, 0.5) is 4.39 Å². The number of hydrogen-bond acceptors (Lipinski definition) is 4. The second kappa shape index (κ2) is 2.51. The zero-order valence-corrected chi connectivity index (χ0v) is 5.92. The molecule has 60 valence electrons. The Bertz CT molecular complexity index is 363. The van der Waals surface area contributed by atoms with E-state index < -0.39 is 21.2 Å². The molecule has 0 aliphatic rings. The maximum absolute atomic E-state index is 12.1. The Morgan fingerprint density at radius 1 is 1.55 bits per heavy atom. The van der Waals surface area contributed by atoms with Crippen LogP contribution in [0.15, 0.2) is 17.3 Å².